The van der Waals surface area contributed by atoms with Crippen LogP contribution in [0.15, 0.2) is 36.4 Å². The molecule has 2 amide bonds. The van der Waals surface area contributed by atoms with Crippen LogP contribution in [0.5, 0.6) is 0 Å². The lowest BCUT2D eigenvalue weighted by Gasteiger charge is -2.31. The molecule has 7 nitrogen and oxygen atoms in total. The van der Waals surface area contributed by atoms with E-state index in [4.69, 9.17) is 34.8 Å². The number of amides is 2. The second-order valence-electron chi connectivity index (χ2n) is 8.36. The van der Waals surface area contributed by atoms with E-state index in [0.29, 0.717) is 44.8 Å². The van der Waals surface area contributed by atoms with Crippen molar-refractivity contribution >= 4 is 62.3 Å². The Morgan fingerprint density at radius 1 is 1.00 bits per heavy atom. The van der Waals surface area contributed by atoms with Gasteiger partial charge < -0.3 is 10.2 Å². The number of hydrogen-bond donors (Lipinski definition) is 1. The molecule has 0 bridgehead atoms. The number of carbonyl (C=O) groups excluding carboxylic acids is 2. The highest BCUT2D eigenvalue weighted by molar-refractivity contribution is 7.92. The molecule has 0 aliphatic rings. The van der Waals surface area contributed by atoms with E-state index >= 15 is 0 Å². The number of halogens is 3. The summed E-state index contributed by atoms with van der Waals surface area (Å²) in [5.41, 5.74) is 1.64. The average molecular weight is 577 g/mol. The standard InChI is InChI=1S/C25H32Cl3N3O4S/c1-5-22(25(33)29-6-2)30(16-18-20(27)11-7-12-21(18)28)24(32)14-9-15-31(36(4,34)35)23-13-8-10-19(26)17(23)3/h7-8,10-13,22H,5-6,9,14-16H2,1-4H3,(H,29,33)/t22-/m0/s1. The molecule has 11 heteroatoms. The normalized spacial score (nSPS) is 12.2. The van der Waals surface area contributed by atoms with Crippen LogP contribution in [0.2, 0.25) is 15.1 Å². The van der Waals surface area contributed by atoms with Crippen molar-refractivity contribution in [2.24, 2.45) is 0 Å². The van der Waals surface area contributed by atoms with Gasteiger partial charge >= 0.3 is 0 Å². The fourth-order valence-electron chi connectivity index (χ4n) is 3.91. The molecule has 0 fully saturated rings. The predicted octanol–water partition coefficient (Wildman–Crippen LogP) is 5.44. The highest BCUT2D eigenvalue weighted by atomic mass is 35.5. The fraction of sp³-hybridized carbons (Fsp3) is 0.440. The van der Waals surface area contributed by atoms with Crippen LogP contribution < -0.4 is 9.62 Å². The van der Waals surface area contributed by atoms with Crippen LogP contribution in [0.4, 0.5) is 5.69 Å². The predicted molar refractivity (Wildman–Crippen MR) is 147 cm³/mol. The molecule has 0 aliphatic heterocycles. The summed E-state index contributed by atoms with van der Waals surface area (Å²) < 4.78 is 26.3. The minimum absolute atomic E-state index is 0.0175. The Bertz CT molecular complexity index is 1170. The number of sulfonamides is 1. The summed E-state index contributed by atoms with van der Waals surface area (Å²) >= 11 is 18.9. The summed E-state index contributed by atoms with van der Waals surface area (Å²) in [7, 11) is -3.63. The van der Waals surface area contributed by atoms with Crippen molar-refractivity contribution in [1.82, 2.24) is 10.2 Å². The Labute approximate surface area is 228 Å². The Morgan fingerprint density at radius 2 is 1.58 bits per heavy atom. The lowest BCUT2D eigenvalue weighted by atomic mass is 10.1. The van der Waals surface area contributed by atoms with Crippen LogP contribution in [-0.4, -0.2) is 50.5 Å². The van der Waals surface area contributed by atoms with Crippen LogP contribution in [0.3, 0.4) is 0 Å². The third-order valence-corrected chi connectivity index (χ3v) is 8.08. The zero-order valence-electron chi connectivity index (χ0n) is 20.9. The minimum Gasteiger partial charge on any atom is -0.355 e. The van der Waals surface area contributed by atoms with Crippen LogP contribution in [0, 0.1) is 6.92 Å². The van der Waals surface area contributed by atoms with Crippen molar-refractivity contribution in [2.75, 3.05) is 23.7 Å². The summed E-state index contributed by atoms with van der Waals surface area (Å²) in [6.07, 6.45) is 1.75. The monoisotopic (exact) mass is 575 g/mol. The molecule has 2 aromatic rings. The second kappa shape index (κ2) is 13.5. The fourth-order valence-corrected chi connectivity index (χ4v) is 5.62. The van der Waals surface area contributed by atoms with Crippen LogP contribution >= 0.6 is 34.8 Å². The molecule has 0 unspecified atom stereocenters. The zero-order valence-corrected chi connectivity index (χ0v) is 23.9. The number of likely N-dealkylation sites (N-methyl/N-ethyl adjacent to an activating group) is 1. The number of hydrogen-bond acceptors (Lipinski definition) is 4. The van der Waals surface area contributed by atoms with E-state index in [0.717, 1.165) is 6.26 Å². The number of nitrogens with zero attached hydrogens (tertiary/aromatic N) is 2. The summed E-state index contributed by atoms with van der Waals surface area (Å²) in [6.45, 7) is 5.92. The summed E-state index contributed by atoms with van der Waals surface area (Å²) in [4.78, 5) is 27.7. The molecule has 2 aromatic carbocycles. The molecule has 2 rings (SSSR count). The molecule has 1 atom stereocenters. The molecule has 0 saturated carbocycles. The van der Waals surface area contributed by atoms with Gasteiger partial charge in [-0.15, -0.1) is 0 Å². The van der Waals surface area contributed by atoms with Gasteiger partial charge in [-0.1, -0.05) is 53.9 Å². The number of nitrogens with one attached hydrogen (secondary N) is 1. The summed E-state index contributed by atoms with van der Waals surface area (Å²) in [5.74, 6) is -0.579. The Balaban J connectivity index is 2.29. The molecule has 36 heavy (non-hydrogen) atoms. The first-order valence-corrected chi connectivity index (χ1v) is 14.6. The molecule has 0 aliphatic carbocycles. The summed E-state index contributed by atoms with van der Waals surface area (Å²) in [5, 5.41) is 4.02. The van der Waals surface area contributed by atoms with Gasteiger partial charge in [-0.25, -0.2) is 8.42 Å². The average Bonchev–Trinajstić information content (AvgIpc) is 2.80. The molecule has 0 spiro atoms. The summed E-state index contributed by atoms with van der Waals surface area (Å²) in [6, 6.07) is 9.38. The molecular weight excluding hydrogens is 545 g/mol. The number of carbonyl (C=O) groups is 2. The van der Waals surface area contributed by atoms with E-state index < -0.39 is 16.1 Å². The van der Waals surface area contributed by atoms with Crippen molar-refractivity contribution in [3.05, 3.63) is 62.6 Å². The van der Waals surface area contributed by atoms with Crippen molar-refractivity contribution in [1.29, 1.82) is 0 Å². The van der Waals surface area contributed by atoms with E-state index in [1.807, 2.05) is 6.92 Å². The Hall–Kier alpha value is -2.00. The third kappa shape index (κ3) is 7.75. The second-order valence-corrected chi connectivity index (χ2v) is 11.5. The van der Waals surface area contributed by atoms with E-state index in [2.05, 4.69) is 5.32 Å². The highest BCUT2D eigenvalue weighted by Gasteiger charge is 2.29. The molecule has 198 valence electrons. The zero-order chi connectivity index (χ0) is 27.0. The smallest absolute Gasteiger partial charge is 0.242 e. The topological polar surface area (TPSA) is 86.8 Å². The molecular formula is C25H32Cl3N3O4S. The van der Waals surface area contributed by atoms with Gasteiger partial charge in [-0.3, -0.25) is 13.9 Å². The van der Waals surface area contributed by atoms with E-state index in [1.54, 1.807) is 50.2 Å². The van der Waals surface area contributed by atoms with Gasteiger partial charge in [0.15, 0.2) is 0 Å². The quantitative estimate of drug-likeness (QED) is 0.364. The van der Waals surface area contributed by atoms with E-state index in [-0.39, 0.29) is 37.7 Å². The van der Waals surface area contributed by atoms with Gasteiger partial charge in [-0.05, 0) is 56.5 Å². The number of anilines is 1. The highest BCUT2D eigenvalue weighted by Crippen LogP contribution is 2.29. The number of benzene rings is 2. The molecule has 1 N–H and O–H groups in total. The molecule has 0 saturated heterocycles. The van der Waals surface area contributed by atoms with Crippen molar-refractivity contribution in [3.63, 3.8) is 0 Å². The number of rotatable bonds is 12. The maximum absolute atomic E-state index is 13.4. The first-order valence-electron chi connectivity index (χ1n) is 11.6. The van der Waals surface area contributed by atoms with Crippen LogP contribution in [0.1, 0.15) is 44.2 Å². The first kappa shape index (κ1) is 30.2. The van der Waals surface area contributed by atoms with Gasteiger partial charge in [0.2, 0.25) is 21.8 Å². The van der Waals surface area contributed by atoms with Crippen molar-refractivity contribution in [2.45, 2.75) is 52.6 Å². The Morgan fingerprint density at radius 3 is 2.14 bits per heavy atom. The van der Waals surface area contributed by atoms with Gasteiger partial charge in [-0.2, -0.15) is 0 Å². The minimum atomic E-state index is -3.63. The van der Waals surface area contributed by atoms with Crippen molar-refractivity contribution < 1.29 is 18.0 Å². The SMILES string of the molecule is CCNC(=O)[C@H](CC)N(Cc1c(Cl)cccc1Cl)C(=O)CCCN(c1cccc(Cl)c1C)S(C)(=O)=O. The maximum atomic E-state index is 13.4. The molecule has 0 radical (unpaired) electrons. The van der Waals surface area contributed by atoms with Gasteiger partial charge in [0.1, 0.15) is 6.04 Å². The van der Waals surface area contributed by atoms with Crippen molar-refractivity contribution in [3.8, 4) is 0 Å². The third-order valence-electron chi connectivity index (χ3n) is 5.79. The van der Waals surface area contributed by atoms with Gasteiger partial charge in [0.25, 0.3) is 0 Å². The van der Waals surface area contributed by atoms with Crippen LogP contribution in [0.25, 0.3) is 0 Å². The Kier molecular flexibility index (Phi) is 11.3. The lowest BCUT2D eigenvalue weighted by molar-refractivity contribution is -0.141. The maximum Gasteiger partial charge on any atom is 0.242 e. The molecule has 0 heterocycles. The van der Waals surface area contributed by atoms with E-state index in [9.17, 15) is 18.0 Å². The lowest BCUT2D eigenvalue weighted by Crippen LogP contribution is -2.49. The van der Waals surface area contributed by atoms with E-state index in [1.165, 1.54) is 9.21 Å². The first-order chi connectivity index (χ1) is 16.9. The van der Waals surface area contributed by atoms with Crippen LogP contribution in [-0.2, 0) is 26.2 Å². The van der Waals surface area contributed by atoms with Gasteiger partial charge in [0, 0.05) is 46.7 Å². The molecule has 0 aromatic heterocycles. The van der Waals surface area contributed by atoms with Gasteiger partial charge in [0.05, 0.1) is 11.9 Å². The largest absolute Gasteiger partial charge is 0.355 e.